The Balaban J connectivity index is 1.71. The van der Waals surface area contributed by atoms with Gasteiger partial charge >= 0.3 is 0 Å². The molecular weight excluding hydrogens is 310 g/mol. The molecule has 2 aromatic rings. The summed E-state index contributed by atoms with van der Waals surface area (Å²) in [6, 6.07) is 12.2. The van der Waals surface area contributed by atoms with Gasteiger partial charge in [-0.05, 0) is 86.4 Å². The number of aryl methyl sites for hydroxylation is 3. The van der Waals surface area contributed by atoms with Crippen LogP contribution in [-0.4, -0.2) is 12.0 Å². The van der Waals surface area contributed by atoms with E-state index in [-0.39, 0.29) is 5.91 Å². The molecule has 132 valence electrons. The zero-order valence-electron chi connectivity index (χ0n) is 15.4. The van der Waals surface area contributed by atoms with Gasteiger partial charge in [-0.15, -0.1) is 0 Å². The minimum absolute atomic E-state index is 0.0890. The highest BCUT2D eigenvalue weighted by Gasteiger charge is 2.20. The molecule has 0 fully saturated rings. The van der Waals surface area contributed by atoms with E-state index in [4.69, 9.17) is 4.74 Å². The first kappa shape index (κ1) is 17.5. The van der Waals surface area contributed by atoms with Crippen molar-refractivity contribution in [1.29, 1.82) is 0 Å². The fraction of sp³-hybridized carbons (Fsp3) is 0.409. The lowest BCUT2D eigenvalue weighted by Crippen LogP contribution is -2.32. The number of carbonyl (C=O) groups excluding carboxylic acids is 1. The molecule has 1 aliphatic rings. The van der Waals surface area contributed by atoms with Crippen LogP contribution in [0.1, 0.15) is 48.4 Å². The summed E-state index contributed by atoms with van der Waals surface area (Å²) in [7, 11) is 0. The molecule has 0 aromatic heterocycles. The van der Waals surface area contributed by atoms with Gasteiger partial charge in [0.05, 0.1) is 0 Å². The molecule has 25 heavy (non-hydrogen) atoms. The Hall–Kier alpha value is -2.29. The lowest BCUT2D eigenvalue weighted by Gasteiger charge is -2.21. The zero-order valence-corrected chi connectivity index (χ0v) is 15.4. The van der Waals surface area contributed by atoms with Crippen molar-refractivity contribution in [3.63, 3.8) is 0 Å². The number of ether oxygens (including phenoxy) is 1. The van der Waals surface area contributed by atoms with E-state index in [1.165, 1.54) is 29.5 Å². The SMILES string of the molecule is CCC(Oc1ccc2c(c1)CCCC2)C(=O)Nc1cccc(C)c1C. The van der Waals surface area contributed by atoms with Crippen molar-refractivity contribution in [2.45, 2.75) is 59.0 Å². The molecule has 3 nitrogen and oxygen atoms in total. The van der Waals surface area contributed by atoms with Crippen LogP contribution in [0.4, 0.5) is 5.69 Å². The van der Waals surface area contributed by atoms with E-state index >= 15 is 0 Å². The maximum atomic E-state index is 12.7. The highest BCUT2D eigenvalue weighted by molar-refractivity contribution is 5.95. The second kappa shape index (κ2) is 7.73. The van der Waals surface area contributed by atoms with E-state index < -0.39 is 6.10 Å². The molecular formula is C22H27NO2. The molecule has 0 radical (unpaired) electrons. The van der Waals surface area contributed by atoms with Crippen LogP contribution in [-0.2, 0) is 17.6 Å². The van der Waals surface area contributed by atoms with Crippen molar-refractivity contribution in [2.24, 2.45) is 0 Å². The van der Waals surface area contributed by atoms with Gasteiger partial charge in [-0.2, -0.15) is 0 Å². The molecule has 1 amide bonds. The Labute approximate surface area is 150 Å². The van der Waals surface area contributed by atoms with Crippen LogP contribution < -0.4 is 10.1 Å². The molecule has 0 saturated carbocycles. The summed E-state index contributed by atoms with van der Waals surface area (Å²) in [6.45, 7) is 6.05. The normalized spacial score (nSPS) is 14.5. The lowest BCUT2D eigenvalue weighted by atomic mass is 9.92. The van der Waals surface area contributed by atoms with Crippen LogP contribution >= 0.6 is 0 Å². The molecule has 3 rings (SSSR count). The number of anilines is 1. The third-order valence-electron chi connectivity index (χ3n) is 5.12. The van der Waals surface area contributed by atoms with Crippen LogP contribution in [0.3, 0.4) is 0 Å². The number of nitrogens with one attached hydrogen (secondary N) is 1. The number of benzene rings is 2. The van der Waals surface area contributed by atoms with E-state index in [1.807, 2.05) is 45.0 Å². The minimum atomic E-state index is -0.485. The van der Waals surface area contributed by atoms with Gasteiger partial charge in [0, 0.05) is 5.69 Å². The van der Waals surface area contributed by atoms with Gasteiger partial charge in [0.2, 0.25) is 0 Å². The smallest absolute Gasteiger partial charge is 0.265 e. The van der Waals surface area contributed by atoms with E-state index in [9.17, 15) is 4.79 Å². The van der Waals surface area contributed by atoms with E-state index in [2.05, 4.69) is 17.4 Å². The Kier molecular flexibility index (Phi) is 5.42. The summed E-state index contributed by atoms with van der Waals surface area (Å²) in [4.78, 5) is 12.7. The number of fused-ring (bicyclic) bond motifs is 1. The van der Waals surface area contributed by atoms with Crippen LogP contribution in [0.2, 0.25) is 0 Å². The molecule has 1 atom stereocenters. The van der Waals surface area contributed by atoms with Gasteiger partial charge in [0.1, 0.15) is 5.75 Å². The van der Waals surface area contributed by atoms with Crippen molar-refractivity contribution in [3.8, 4) is 5.75 Å². The molecule has 0 aliphatic heterocycles. The maximum absolute atomic E-state index is 12.7. The second-order valence-electron chi connectivity index (χ2n) is 6.89. The Bertz CT molecular complexity index is 767. The van der Waals surface area contributed by atoms with Gasteiger partial charge in [-0.25, -0.2) is 0 Å². The fourth-order valence-corrected chi connectivity index (χ4v) is 3.37. The van der Waals surface area contributed by atoms with Crippen LogP contribution in [0.15, 0.2) is 36.4 Å². The van der Waals surface area contributed by atoms with Crippen LogP contribution in [0.5, 0.6) is 5.75 Å². The summed E-state index contributed by atoms with van der Waals surface area (Å²) >= 11 is 0. The van der Waals surface area contributed by atoms with Crippen LogP contribution in [0.25, 0.3) is 0 Å². The molecule has 3 heteroatoms. The molecule has 2 aromatic carbocycles. The van der Waals surface area contributed by atoms with Gasteiger partial charge in [-0.3, -0.25) is 4.79 Å². The average molecular weight is 337 g/mol. The fourth-order valence-electron chi connectivity index (χ4n) is 3.37. The highest BCUT2D eigenvalue weighted by Crippen LogP contribution is 2.26. The zero-order chi connectivity index (χ0) is 17.8. The molecule has 0 heterocycles. The maximum Gasteiger partial charge on any atom is 0.265 e. The van der Waals surface area contributed by atoms with Gasteiger partial charge in [0.25, 0.3) is 5.91 Å². The highest BCUT2D eigenvalue weighted by atomic mass is 16.5. The van der Waals surface area contributed by atoms with E-state index in [0.717, 1.165) is 29.8 Å². The van der Waals surface area contributed by atoms with Crippen LogP contribution in [0, 0.1) is 13.8 Å². The molecule has 1 aliphatic carbocycles. The molecule has 0 saturated heterocycles. The minimum Gasteiger partial charge on any atom is -0.481 e. The van der Waals surface area contributed by atoms with Crippen molar-refractivity contribution in [3.05, 3.63) is 58.7 Å². The number of hydrogen-bond donors (Lipinski definition) is 1. The number of hydrogen-bond acceptors (Lipinski definition) is 2. The molecule has 1 unspecified atom stereocenters. The summed E-state index contributed by atoms with van der Waals surface area (Å²) in [5.41, 5.74) is 5.92. The quantitative estimate of drug-likeness (QED) is 0.836. The largest absolute Gasteiger partial charge is 0.481 e. The third-order valence-corrected chi connectivity index (χ3v) is 5.12. The van der Waals surface area contributed by atoms with E-state index in [0.29, 0.717) is 6.42 Å². The Morgan fingerprint density at radius 3 is 2.64 bits per heavy atom. The second-order valence-corrected chi connectivity index (χ2v) is 6.89. The van der Waals surface area contributed by atoms with Crippen molar-refractivity contribution >= 4 is 11.6 Å². The summed E-state index contributed by atoms with van der Waals surface area (Å²) in [6.07, 6.45) is 4.91. The molecule has 0 spiro atoms. The Morgan fingerprint density at radius 2 is 1.88 bits per heavy atom. The molecule has 0 bridgehead atoms. The molecule has 1 N–H and O–H groups in total. The monoisotopic (exact) mass is 337 g/mol. The van der Waals surface area contributed by atoms with Crippen molar-refractivity contribution < 1.29 is 9.53 Å². The summed E-state index contributed by atoms with van der Waals surface area (Å²) in [5, 5.41) is 3.02. The Morgan fingerprint density at radius 1 is 1.12 bits per heavy atom. The summed E-state index contributed by atoms with van der Waals surface area (Å²) in [5.74, 6) is 0.706. The predicted molar refractivity (Wildman–Crippen MR) is 102 cm³/mol. The first-order chi connectivity index (χ1) is 12.1. The average Bonchev–Trinajstić information content (AvgIpc) is 2.63. The van der Waals surface area contributed by atoms with Crippen molar-refractivity contribution in [2.75, 3.05) is 5.32 Å². The predicted octanol–water partition coefficient (Wildman–Crippen LogP) is 4.98. The van der Waals surface area contributed by atoms with Crippen molar-refractivity contribution in [1.82, 2.24) is 0 Å². The first-order valence-corrected chi connectivity index (χ1v) is 9.24. The third kappa shape index (κ3) is 4.04. The number of rotatable bonds is 5. The lowest BCUT2D eigenvalue weighted by molar-refractivity contribution is -0.122. The standard InChI is InChI=1S/C22H27NO2/c1-4-21(22(24)23-20-11-7-8-15(2)16(20)3)25-19-13-12-17-9-5-6-10-18(17)14-19/h7-8,11-14,21H,4-6,9-10H2,1-3H3,(H,23,24). The van der Waals surface area contributed by atoms with Gasteiger partial charge in [0.15, 0.2) is 6.10 Å². The topological polar surface area (TPSA) is 38.3 Å². The van der Waals surface area contributed by atoms with Gasteiger partial charge in [-0.1, -0.05) is 25.1 Å². The van der Waals surface area contributed by atoms with Gasteiger partial charge < -0.3 is 10.1 Å². The number of carbonyl (C=O) groups is 1. The number of amides is 1. The first-order valence-electron chi connectivity index (χ1n) is 9.24. The van der Waals surface area contributed by atoms with E-state index in [1.54, 1.807) is 0 Å². The summed E-state index contributed by atoms with van der Waals surface area (Å²) < 4.78 is 6.02.